The first-order chi connectivity index (χ1) is 4.43. The van der Waals surface area contributed by atoms with Crippen molar-refractivity contribution in [3.8, 4) is 0 Å². The molecule has 0 bridgehead atoms. The van der Waals surface area contributed by atoms with E-state index in [0.29, 0.717) is 0 Å². The summed E-state index contributed by atoms with van der Waals surface area (Å²) in [4.78, 5) is 0. The zero-order valence-electron chi connectivity index (χ0n) is 6.48. The van der Waals surface area contributed by atoms with Crippen molar-refractivity contribution in [3.63, 3.8) is 0 Å². The van der Waals surface area contributed by atoms with Crippen molar-refractivity contribution >= 4 is 0 Å². The molecule has 0 heterocycles. The van der Waals surface area contributed by atoms with E-state index in [1.807, 2.05) is 0 Å². The molecule has 0 nitrogen and oxygen atoms in total. The van der Waals surface area contributed by atoms with E-state index in [9.17, 15) is 0 Å². The molecular weight excluding hydrogens is 199 g/mol. The fourth-order valence-electron chi connectivity index (χ4n) is 0.989. The van der Waals surface area contributed by atoms with Crippen molar-refractivity contribution in [1.82, 2.24) is 0 Å². The minimum atomic E-state index is 0. The number of hydrogen-bond donors (Lipinski definition) is 0. The average Bonchev–Trinajstić information content (AvgIpc) is 2.34. The van der Waals surface area contributed by atoms with Gasteiger partial charge in [0.25, 0.3) is 0 Å². The maximum absolute atomic E-state index is 3.30. The first kappa shape index (κ1) is 10.4. The van der Waals surface area contributed by atoms with Crippen LogP contribution in [-0.4, -0.2) is 0 Å². The zero-order valence-corrected chi connectivity index (χ0v) is 8.94. The molecular formula is C9H13Zr-. The molecule has 1 heteroatoms. The van der Waals surface area contributed by atoms with E-state index in [2.05, 4.69) is 25.2 Å². The van der Waals surface area contributed by atoms with Gasteiger partial charge in [0.05, 0.1) is 0 Å². The van der Waals surface area contributed by atoms with Gasteiger partial charge in [0.1, 0.15) is 0 Å². The average molecular weight is 212 g/mol. The van der Waals surface area contributed by atoms with Gasteiger partial charge in [0.2, 0.25) is 0 Å². The molecule has 54 valence electrons. The SMILES string of the molecule is CCCCC1=[C-]CC=C1.[Zr]. The van der Waals surface area contributed by atoms with E-state index in [4.69, 9.17) is 0 Å². The van der Waals surface area contributed by atoms with Gasteiger partial charge in [-0.3, -0.25) is 6.08 Å². The summed E-state index contributed by atoms with van der Waals surface area (Å²) >= 11 is 0. The van der Waals surface area contributed by atoms with E-state index in [-0.39, 0.29) is 26.2 Å². The Kier molecular flexibility index (Phi) is 6.32. The molecule has 0 spiro atoms. The third kappa shape index (κ3) is 3.51. The summed E-state index contributed by atoms with van der Waals surface area (Å²) in [6.07, 6.45) is 12.5. The second-order valence-electron chi connectivity index (χ2n) is 2.41. The van der Waals surface area contributed by atoms with Crippen LogP contribution in [0.4, 0.5) is 0 Å². The van der Waals surface area contributed by atoms with E-state index in [1.165, 1.54) is 24.8 Å². The molecule has 0 atom stereocenters. The second kappa shape index (κ2) is 6.10. The topological polar surface area (TPSA) is 0 Å². The Morgan fingerprint density at radius 3 is 2.90 bits per heavy atom. The molecule has 0 aromatic carbocycles. The van der Waals surface area contributed by atoms with Crippen LogP contribution in [0.25, 0.3) is 0 Å². The predicted molar refractivity (Wildman–Crippen MR) is 40.0 cm³/mol. The van der Waals surface area contributed by atoms with Crippen LogP contribution in [0.1, 0.15) is 32.6 Å². The molecule has 1 aliphatic rings. The molecule has 0 aromatic heterocycles. The molecule has 0 aliphatic heterocycles. The molecule has 0 aromatic rings. The number of allylic oxidation sites excluding steroid dienone is 4. The second-order valence-corrected chi connectivity index (χ2v) is 2.41. The largest absolute Gasteiger partial charge is 0.269 e. The van der Waals surface area contributed by atoms with Gasteiger partial charge < -0.3 is 0 Å². The molecule has 10 heavy (non-hydrogen) atoms. The van der Waals surface area contributed by atoms with Gasteiger partial charge in [0, 0.05) is 26.2 Å². The van der Waals surface area contributed by atoms with E-state index in [0.717, 1.165) is 6.42 Å². The first-order valence-electron chi connectivity index (χ1n) is 3.69. The maximum atomic E-state index is 3.30. The number of unbranched alkanes of at least 4 members (excludes halogenated alkanes) is 1. The van der Waals surface area contributed by atoms with Crippen LogP contribution in [0, 0.1) is 6.08 Å². The minimum Gasteiger partial charge on any atom is -0.269 e. The summed E-state index contributed by atoms with van der Waals surface area (Å²) in [5.74, 6) is 0. The van der Waals surface area contributed by atoms with Crippen LogP contribution in [0.2, 0.25) is 0 Å². The van der Waals surface area contributed by atoms with Gasteiger partial charge in [-0.15, -0.1) is 6.42 Å². The van der Waals surface area contributed by atoms with Gasteiger partial charge in [-0.05, 0) is 0 Å². The third-order valence-corrected chi connectivity index (χ3v) is 1.57. The fraction of sp³-hybridized carbons (Fsp3) is 0.556. The minimum absolute atomic E-state index is 0. The van der Waals surface area contributed by atoms with Crippen molar-refractivity contribution < 1.29 is 26.2 Å². The summed E-state index contributed by atoms with van der Waals surface area (Å²) in [6.45, 7) is 2.22. The molecule has 1 rings (SSSR count). The Bertz CT molecular complexity index is 134. The molecule has 0 saturated carbocycles. The molecule has 0 fully saturated rings. The van der Waals surface area contributed by atoms with Crippen LogP contribution in [0.5, 0.6) is 0 Å². The first-order valence-corrected chi connectivity index (χ1v) is 3.69. The molecule has 1 aliphatic carbocycles. The van der Waals surface area contributed by atoms with Crippen molar-refractivity contribution in [2.24, 2.45) is 0 Å². The summed E-state index contributed by atoms with van der Waals surface area (Å²) in [5.41, 5.74) is 1.41. The number of rotatable bonds is 3. The monoisotopic (exact) mass is 211 g/mol. The van der Waals surface area contributed by atoms with Gasteiger partial charge in [-0.1, -0.05) is 26.2 Å². The van der Waals surface area contributed by atoms with E-state index >= 15 is 0 Å². The Morgan fingerprint density at radius 2 is 2.40 bits per heavy atom. The van der Waals surface area contributed by atoms with Crippen LogP contribution in [-0.2, 0) is 26.2 Å². The Balaban J connectivity index is 0.000000810. The van der Waals surface area contributed by atoms with Crippen molar-refractivity contribution in [2.75, 3.05) is 0 Å². The molecule has 0 radical (unpaired) electrons. The van der Waals surface area contributed by atoms with Crippen LogP contribution in [0.15, 0.2) is 17.7 Å². The van der Waals surface area contributed by atoms with Gasteiger partial charge in [-0.25, -0.2) is 11.6 Å². The van der Waals surface area contributed by atoms with Crippen LogP contribution >= 0.6 is 0 Å². The smallest absolute Gasteiger partial charge is 0 e. The van der Waals surface area contributed by atoms with E-state index in [1.54, 1.807) is 0 Å². The third-order valence-electron chi connectivity index (χ3n) is 1.57. The Hall–Kier alpha value is 0.363. The molecule has 0 unspecified atom stereocenters. The van der Waals surface area contributed by atoms with Crippen molar-refractivity contribution in [3.05, 3.63) is 23.8 Å². The Morgan fingerprint density at radius 1 is 1.60 bits per heavy atom. The van der Waals surface area contributed by atoms with Crippen molar-refractivity contribution in [2.45, 2.75) is 32.6 Å². The molecule has 0 amide bonds. The summed E-state index contributed by atoms with van der Waals surface area (Å²) in [6, 6.07) is 0. The van der Waals surface area contributed by atoms with Crippen LogP contribution < -0.4 is 0 Å². The van der Waals surface area contributed by atoms with E-state index < -0.39 is 0 Å². The van der Waals surface area contributed by atoms with Crippen LogP contribution in [0.3, 0.4) is 0 Å². The normalized spacial score (nSPS) is 14.7. The maximum Gasteiger partial charge on any atom is 0 e. The van der Waals surface area contributed by atoms with Gasteiger partial charge in [-0.2, -0.15) is 6.08 Å². The Labute approximate surface area is 82.5 Å². The number of hydrogen-bond acceptors (Lipinski definition) is 0. The molecule has 0 saturated heterocycles. The standard InChI is InChI=1S/C9H13.Zr/c1-2-3-6-9-7-4-5-8-9;/h4,7H,2-3,5-6H2,1H3;/q-1;. The van der Waals surface area contributed by atoms with Gasteiger partial charge >= 0.3 is 0 Å². The summed E-state index contributed by atoms with van der Waals surface area (Å²) < 4.78 is 0. The predicted octanol–water partition coefficient (Wildman–Crippen LogP) is 2.86. The summed E-state index contributed by atoms with van der Waals surface area (Å²) in [5, 5.41) is 0. The zero-order chi connectivity index (χ0) is 6.53. The van der Waals surface area contributed by atoms with Gasteiger partial charge in [0.15, 0.2) is 0 Å². The van der Waals surface area contributed by atoms with Crippen molar-refractivity contribution in [1.29, 1.82) is 0 Å². The quantitative estimate of drug-likeness (QED) is 0.631. The summed E-state index contributed by atoms with van der Waals surface area (Å²) in [7, 11) is 0. The molecule has 0 N–H and O–H groups in total. The fourth-order valence-corrected chi connectivity index (χ4v) is 0.989.